The normalized spacial score (nSPS) is 14.3. The average Bonchev–Trinajstić information content (AvgIpc) is 2.77. The first-order valence-electron chi connectivity index (χ1n) is 10.8. The van der Waals surface area contributed by atoms with E-state index in [-0.39, 0.29) is 24.3 Å². The Morgan fingerprint density at radius 3 is 2.36 bits per heavy atom. The number of ether oxygens (including phenoxy) is 2. The van der Waals surface area contributed by atoms with Crippen molar-refractivity contribution in [3.8, 4) is 11.5 Å². The maximum absolute atomic E-state index is 11.6. The van der Waals surface area contributed by atoms with Crippen LogP contribution in [0.2, 0.25) is 0 Å². The Hall–Kier alpha value is -4.25. The molecular weight excluding hydrogens is 488 g/mol. The monoisotopic (exact) mass is 516 g/mol. The minimum atomic E-state index is -1.19. The lowest BCUT2D eigenvalue weighted by molar-refractivity contribution is -0.131. The van der Waals surface area contributed by atoms with Crippen molar-refractivity contribution in [3.63, 3.8) is 0 Å². The second-order valence-electron chi connectivity index (χ2n) is 8.00. The summed E-state index contributed by atoms with van der Waals surface area (Å²) in [5.41, 5.74) is 12.5. The van der Waals surface area contributed by atoms with Crippen molar-refractivity contribution < 1.29 is 24.2 Å². The number of halogens is 1. The molecule has 1 aliphatic heterocycles. The van der Waals surface area contributed by atoms with Gasteiger partial charge < -0.3 is 31.4 Å². The highest BCUT2D eigenvalue weighted by Gasteiger charge is 2.33. The summed E-state index contributed by atoms with van der Waals surface area (Å²) in [5.74, 6) is -0.0126. The van der Waals surface area contributed by atoms with Gasteiger partial charge in [0.15, 0.2) is 0 Å². The van der Waals surface area contributed by atoms with Gasteiger partial charge in [-0.3, -0.25) is 9.69 Å². The maximum Gasteiger partial charge on any atom is 0.328 e. The first-order chi connectivity index (χ1) is 16.6. The van der Waals surface area contributed by atoms with Crippen LogP contribution in [0.1, 0.15) is 20.3 Å². The number of carboxylic acid groups (broad SMARTS) is 1. The third-order valence-electron chi connectivity index (χ3n) is 4.79. The van der Waals surface area contributed by atoms with Crippen molar-refractivity contribution in [2.75, 3.05) is 23.4 Å². The molecule has 12 heteroatoms. The molecule has 0 saturated heterocycles. The van der Waals surface area contributed by atoms with Crippen LogP contribution >= 0.6 is 12.4 Å². The first-order valence-corrected chi connectivity index (χ1v) is 10.8. The number of aliphatic imine (C=N–C) groups is 2. The second-order valence-corrected chi connectivity index (χ2v) is 8.00. The van der Waals surface area contributed by atoms with E-state index in [2.05, 4.69) is 15.3 Å². The Labute approximate surface area is 214 Å². The number of hydrogen-bond donors (Lipinski definition) is 4. The van der Waals surface area contributed by atoms with Gasteiger partial charge in [-0.25, -0.2) is 9.79 Å². The minimum absolute atomic E-state index is 0. The maximum atomic E-state index is 11.6. The highest BCUT2D eigenvalue weighted by molar-refractivity contribution is 6.05. The number of hydrogen-bond acceptors (Lipinski definition) is 9. The molecule has 11 nitrogen and oxygen atoms in total. The number of carboxylic acids is 1. The van der Waals surface area contributed by atoms with Crippen LogP contribution in [0.15, 0.2) is 70.7 Å². The van der Waals surface area contributed by atoms with Gasteiger partial charge in [0, 0.05) is 36.0 Å². The van der Waals surface area contributed by atoms with E-state index in [4.69, 9.17) is 26.0 Å². The summed E-state index contributed by atoms with van der Waals surface area (Å²) in [6, 6.07) is 14.2. The zero-order valence-corrected chi connectivity index (χ0v) is 20.7. The van der Waals surface area contributed by atoms with E-state index < -0.39 is 17.5 Å². The van der Waals surface area contributed by atoms with Crippen LogP contribution in [-0.2, 0) is 9.59 Å². The highest BCUT2D eigenvalue weighted by Crippen LogP contribution is 2.30. The van der Waals surface area contributed by atoms with Gasteiger partial charge in [-0.15, -0.1) is 12.4 Å². The van der Waals surface area contributed by atoms with E-state index in [1.165, 1.54) is 0 Å². The van der Waals surface area contributed by atoms with Gasteiger partial charge in [-0.05, 0) is 50.2 Å². The van der Waals surface area contributed by atoms with E-state index in [0.717, 1.165) is 17.8 Å². The summed E-state index contributed by atoms with van der Waals surface area (Å²) in [7, 11) is 0. The lowest BCUT2D eigenvalue weighted by atomic mass is 10.1. The number of anilines is 2. The second kappa shape index (κ2) is 12.5. The lowest BCUT2D eigenvalue weighted by Crippen LogP contribution is -2.54. The van der Waals surface area contributed by atoms with E-state index in [9.17, 15) is 9.59 Å². The van der Waals surface area contributed by atoms with Crippen molar-refractivity contribution in [2.24, 2.45) is 21.5 Å². The number of amides is 1. The summed E-state index contributed by atoms with van der Waals surface area (Å²) in [5, 5.41) is 11.1. The molecule has 0 aliphatic carbocycles. The molecule has 6 N–H and O–H groups in total. The molecule has 1 heterocycles. The van der Waals surface area contributed by atoms with Crippen molar-refractivity contribution >= 4 is 47.6 Å². The third-order valence-corrected chi connectivity index (χ3v) is 4.79. The summed E-state index contributed by atoms with van der Waals surface area (Å²) >= 11 is 0. The fraction of sp³-hybridized carbons (Fsp3) is 0.250. The van der Waals surface area contributed by atoms with Crippen LogP contribution in [-0.4, -0.2) is 47.8 Å². The number of nitrogens with two attached hydrogens (primary N) is 2. The van der Waals surface area contributed by atoms with Crippen molar-refractivity contribution in [3.05, 3.63) is 60.7 Å². The molecule has 0 fully saturated rings. The topological polar surface area (TPSA) is 165 Å². The van der Waals surface area contributed by atoms with Crippen molar-refractivity contribution in [1.29, 1.82) is 0 Å². The Kier molecular flexibility index (Phi) is 9.68. The SMILES string of the molecule is CC1(C)N=C(N)N=C(N)N1c1cccc(OCCCOc2ccc(NC(=O)/C=C\C(=O)O)cc2)c1.Cl. The lowest BCUT2D eigenvalue weighted by Gasteiger charge is -2.38. The molecule has 192 valence electrons. The molecule has 3 rings (SSSR count). The van der Waals surface area contributed by atoms with Crippen LogP contribution in [0.25, 0.3) is 0 Å². The van der Waals surface area contributed by atoms with Crippen molar-refractivity contribution in [2.45, 2.75) is 25.9 Å². The summed E-state index contributed by atoms with van der Waals surface area (Å²) in [4.78, 5) is 32.2. The third kappa shape index (κ3) is 7.91. The van der Waals surface area contributed by atoms with Gasteiger partial charge >= 0.3 is 5.97 Å². The number of benzene rings is 2. The average molecular weight is 517 g/mol. The van der Waals surface area contributed by atoms with Gasteiger partial charge in [0.25, 0.3) is 0 Å². The number of carbonyl (C=O) groups excluding carboxylic acids is 1. The van der Waals surface area contributed by atoms with Crippen LogP contribution < -0.4 is 31.2 Å². The summed E-state index contributed by atoms with van der Waals surface area (Å²) < 4.78 is 11.6. The molecule has 2 aromatic rings. The van der Waals surface area contributed by atoms with Gasteiger partial charge in [0.1, 0.15) is 17.2 Å². The number of nitrogens with zero attached hydrogens (tertiary/aromatic N) is 3. The molecule has 0 radical (unpaired) electrons. The minimum Gasteiger partial charge on any atom is -0.493 e. The first kappa shape index (κ1) is 28.0. The Morgan fingerprint density at radius 1 is 1.06 bits per heavy atom. The fourth-order valence-corrected chi connectivity index (χ4v) is 3.37. The zero-order valence-electron chi connectivity index (χ0n) is 19.9. The number of nitrogens with one attached hydrogen (secondary N) is 1. The number of rotatable bonds is 10. The van der Waals surface area contributed by atoms with Crippen LogP contribution in [0, 0.1) is 0 Å². The Morgan fingerprint density at radius 2 is 1.72 bits per heavy atom. The quantitative estimate of drug-likeness (QED) is 0.276. The molecular formula is C24H29ClN6O5. The molecule has 0 saturated carbocycles. The molecule has 0 spiro atoms. The van der Waals surface area contributed by atoms with E-state index in [0.29, 0.717) is 36.8 Å². The van der Waals surface area contributed by atoms with Crippen LogP contribution in [0.3, 0.4) is 0 Å². The highest BCUT2D eigenvalue weighted by atomic mass is 35.5. The summed E-state index contributed by atoms with van der Waals surface area (Å²) in [6.07, 6.45) is 2.36. The van der Waals surface area contributed by atoms with Gasteiger partial charge in [-0.2, -0.15) is 4.99 Å². The molecule has 2 aromatic carbocycles. The van der Waals surface area contributed by atoms with E-state index in [1.54, 1.807) is 29.2 Å². The van der Waals surface area contributed by atoms with Gasteiger partial charge in [0.2, 0.25) is 17.8 Å². The summed E-state index contributed by atoms with van der Waals surface area (Å²) in [6.45, 7) is 4.65. The largest absolute Gasteiger partial charge is 0.493 e. The fourth-order valence-electron chi connectivity index (χ4n) is 3.37. The Bertz CT molecular complexity index is 1160. The van der Waals surface area contributed by atoms with Crippen molar-refractivity contribution in [1.82, 2.24) is 0 Å². The molecule has 0 aromatic heterocycles. The van der Waals surface area contributed by atoms with Gasteiger partial charge in [-0.1, -0.05) is 6.07 Å². The predicted molar refractivity (Wildman–Crippen MR) is 141 cm³/mol. The number of aliphatic carboxylic acids is 1. The zero-order chi connectivity index (χ0) is 25.4. The molecule has 36 heavy (non-hydrogen) atoms. The Balaban J connectivity index is 0.00000456. The standard InChI is InChI=1S/C24H28N6O5.ClH/c1-24(2)29-22(25)28-23(26)30(24)17-5-3-6-19(15-17)35-14-4-13-34-18-9-7-16(8-10-18)27-20(31)11-12-21(32)33;/h3,5-12,15H,4,13-14H2,1-2H3,(H,27,31)(H,32,33)(H4,25,26,28,29);1H/b12-11-;. The molecule has 1 aliphatic rings. The predicted octanol–water partition coefficient (Wildman–Crippen LogP) is 2.72. The van der Waals surface area contributed by atoms with Crippen LogP contribution in [0.5, 0.6) is 11.5 Å². The molecule has 1 amide bonds. The molecule has 0 atom stereocenters. The van der Waals surface area contributed by atoms with E-state index in [1.807, 2.05) is 38.1 Å². The van der Waals surface area contributed by atoms with Gasteiger partial charge in [0.05, 0.1) is 13.2 Å². The smallest absolute Gasteiger partial charge is 0.328 e. The number of carbonyl (C=O) groups is 2. The molecule has 0 bridgehead atoms. The van der Waals surface area contributed by atoms with E-state index >= 15 is 0 Å². The number of guanidine groups is 2. The molecule has 0 unspecified atom stereocenters. The van der Waals surface area contributed by atoms with Crippen LogP contribution in [0.4, 0.5) is 11.4 Å².